The number of aliphatic hydroxyl groups excluding tert-OH is 1. The highest BCUT2D eigenvalue weighted by atomic mass is 35.5. The van der Waals surface area contributed by atoms with E-state index >= 15 is 0 Å². The number of benzene rings is 2. The fourth-order valence-electron chi connectivity index (χ4n) is 1.86. The molecule has 0 amide bonds. The fourth-order valence-corrected chi connectivity index (χ4v) is 2.23. The largest absolute Gasteiger partial charge is 0.384 e. The van der Waals surface area contributed by atoms with Crippen LogP contribution in [0.1, 0.15) is 28.4 Å². The third-order valence-electron chi connectivity index (χ3n) is 3.05. The van der Waals surface area contributed by atoms with E-state index in [0.29, 0.717) is 10.0 Å². The van der Waals surface area contributed by atoms with Crippen LogP contribution in [0.4, 0.5) is 0 Å². The lowest BCUT2D eigenvalue weighted by atomic mass is 9.97. The molecule has 2 aromatic rings. The number of rotatable bonds is 2. The molecule has 1 nitrogen and oxygen atoms in total. The second-order valence-corrected chi connectivity index (χ2v) is 5.26. The van der Waals surface area contributed by atoms with Crippen LogP contribution in [0.25, 0.3) is 0 Å². The first kappa shape index (κ1) is 13.4. The number of hydrogen-bond donors (Lipinski definition) is 1. The minimum Gasteiger partial charge on any atom is -0.384 e. The lowest BCUT2D eigenvalue weighted by Gasteiger charge is -2.15. The van der Waals surface area contributed by atoms with Crippen LogP contribution in [0.2, 0.25) is 10.0 Å². The number of aliphatic hydroxyl groups is 1. The fraction of sp³-hybridized carbons (Fsp3) is 0.200. The number of aryl methyl sites for hydroxylation is 2. The van der Waals surface area contributed by atoms with Crippen molar-refractivity contribution in [3.05, 3.63) is 68.7 Å². The lowest BCUT2D eigenvalue weighted by molar-refractivity contribution is 0.219. The van der Waals surface area contributed by atoms with Gasteiger partial charge in [-0.3, -0.25) is 0 Å². The van der Waals surface area contributed by atoms with Crippen LogP contribution in [0.15, 0.2) is 36.4 Å². The van der Waals surface area contributed by atoms with Gasteiger partial charge < -0.3 is 5.11 Å². The summed E-state index contributed by atoms with van der Waals surface area (Å²) in [5, 5.41) is 11.7. The Kier molecular flexibility index (Phi) is 3.96. The molecule has 0 bridgehead atoms. The van der Waals surface area contributed by atoms with Crippen LogP contribution in [-0.2, 0) is 0 Å². The zero-order valence-corrected chi connectivity index (χ0v) is 11.8. The molecule has 0 aliphatic carbocycles. The Labute approximate surface area is 117 Å². The molecule has 0 spiro atoms. The molecule has 0 saturated heterocycles. The standard InChI is InChI=1S/C15H14Cl2O/c1-9-4-6-12(16)8-13(9)15(18)11-5-3-10(2)14(17)7-11/h3-8,15,18H,1-2H3. The van der Waals surface area contributed by atoms with Gasteiger partial charge in [0.05, 0.1) is 0 Å². The van der Waals surface area contributed by atoms with Crippen LogP contribution in [-0.4, -0.2) is 5.11 Å². The van der Waals surface area contributed by atoms with E-state index in [9.17, 15) is 5.11 Å². The second kappa shape index (κ2) is 5.31. The van der Waals surface area contributed by atoms with Gasteiger partial charge in [-0.15, -0.1) is 0 Å². The molecule has 0 fully saturated rings. The third kappa shape index (κ3) is 2.69. The minimum absolute atomic E-state index is 0.618. The first-order valence-corrected chi connectivity index (χ1v) is 6.45. The Morgan fingerprint density at radius 2 is 1.61 bits per heavy atom. The van der Waals surface area contributed by atoms with Gasteiger partial charge in [-0.2, -0.15) is 0 Å². The predicted molar refractivity (Wildman–Crippen MR) is 76.4 cm³/mol. The molecule has 0 aromatic heterocycles. The monoisotopic (exact) mass is 280 g/mol. The quantitative estimate of drug-likeness (QED) is 0.846. The van der Waals surface area contributed by atoms with E-state index in [-0.39, 0.29) is 0 Å². The maximum Gasteiger partial charge on any atom is 0.104 e. The highest BCUT2D eigenvalue weighted by Gasteiger charge is 2.14. The lowest BCUT2D eigenvalue weighted by Crippen LogP contribution is -2.02. The number of hydrogen-bond acceptors (Lipinski definition) is 1. The van der Waals surface area contributed by atoms with Crippen molar-refractivity contribution in [3.8, 4) is 0 Å². The summed E-state index contributed by atoms with van der Waals surface area (Å²) in [6.07, 6.45) is -0.707. The summed E-state index contributed by atoms with van der Waals surface area (Å²) in [5.74, 6) is 0. The number of halogens is 2. The van der Waals surface area contributed by atoms with E-state index in [2.05, 4.69) is 0 Å². The molecule has 94 valence electrons. The summed E-state index contributed by atoms with van der Waals surface area (Å²) in [5.41, 5.74) is 3.58. The highest BCUT2D eigenvalue weighted by Crippen LogP contribution is 2.29. The van der Waals surface area contributed by atoms with Gasteiger partial charge >= 0.3 is 0 Å². The summed E-state index contributed by atoms with van der Waals surface area (Å²) in [6, 6.07) is 11.1. The zero-order chi connectivity index (χ0) is 13.3. The molecule has 2 rings (SSSR count). The van der Waals surface area contributed by atoms with Crippen molar-refractivity contribution in [2.24, 2.45) is 0 Å². The summed E-state index contributed by atoms with van der Waals surface area (Å²) in [6.45, 7) is 3.88. The van der Waals surface area contributed by atoms with E-state index in [4.69, 9.17) is 23.2 Å². The van der Waals surface area contributed by atoms with Gasteiger partial charge in [0.2, 0.25) is 0 Å². The first-order chi connectivity index (χ1) is 8.49. The van der Waals surface area contributed by atoms with E-state index in [1.807, 2.05) is 38.1 Å². The molecule has 3 heteroatoms. The van der Waals surface area contributed by atoms with Gasteiger partial charge in [-0.25, -0.2) is 0 Å². The predicted octanol–water partition coefficient (Wildman–Crippen LogP) is 4.69. The van der Waals surface area contributed by atoms with E-state index in [1.54, 1.807) is 12.1 Å². The zero-order valence-electron chi connectivity index (χ0n) is 10.2. The smallest absolute Gasteiger partial charge is 0.104 e. The topological polar surface area (TPSA) is 20.2 Å². The SMILES string of the molecule is Cc1ccc(C(O)c2cc(Cl)ccc2C)cc1Cl. The van der Waals surface area contributed by atoms with Gasteiger partial charge in [0.1, 0.15) is 6.10 Å². The summed E-state index contributed by atoms with van der Waals surface area (Å²) >= 11 is 12.0. The molecule has 0 heterocycles. The Morgan fingerprint density at radius 3 is 2.28 bits per heavy atom. The molecular weight excluding hydrogens is 267 g/mol. The maximum absolute atomic E-state index is 10.4. The highest BCUT2D eigenvalue weighted by molar-refractivity contribution is 6.31. The minimum atomic E-state index is -0.707. The maximum atomic E-state index is 10.4. The van der Waals surface area contributed by atoms with Crippen LogP contribution in [0, 0.1) is 13.8 Å². The average molecular weight is 281 g/mol. The molecule has 18 heavy (non-hydrogen) atoms. The van der Waals surface area contributed by atoms with E-state index in [0.717, 1.165) is 22.3 Å². The first-order valence-electron chi connectivity index (χ1n) is 5.69. The van der Waals surface area contributed by atoms with Gasteiger partial charge in [0.25, 0.3) is 0 Å². The molecule has 0 saturated carbocycles. The molecule has 1 unspecified atom stereocenters. The van der Waals surface area contributed by atoms with Gasteiger partial charge in [-0.05, 0) is 54.3 Å². The Bertz CT molecular complexity index is 579. The van der Waals surface area contributed by atoms with Crippen LogP contribution in [0.5, 0.6) is 0 Å². The van der Waals surface area contributed by atoms with Crippen LogP contribution in [0.3, 0.4) is 0 Å². The molecular formula is C15H14Cl2O. The van der Waals surface area contributed by atoms with Crippen molar-refractivity contribution >= 4 is 23.2 Å². The van der Waals surface area contributed by atoms with Crippen molar-refractivity contribution < 1.29 is 5.11 Å². The molecule has 1 N–H and O–H groups in total. The van der Waals surface area contributed by atoms with E-state index < -0.39 is 6.10 Å². The van der Waals surface area contributed by atoms with Crippen molar-refractivity contribution in [1.29, 1.82) is 0 Å². The van der Waals surface area contributed by atoms with Crippen molar-refractivity contribution in [3.63, 3.8) is 0 Å². The molecule has 0 aliphatic heterocycles. The van der Waals surface area contributed by atoms with Crippen LogP contribution < -0.4 is 0 Å². The molecule has 2 aromatic carbocycles. The third-order valence-corrected chi connectivity index (χ3v) is 3.69. The molecule has 0 radical (unpaired) electrons. The van der Waals surface area contributed by atoms with Gasteiger partial charge in [0, 0.05) is 10.0 Å². The Balaban J connectivity index is 2.44. The van der Waals surface area contributed by atoms with Gasteiger partial charge in [-0.1, -0.05) is 41.4 Å². The Morgan fingerprint density at radius 1 is 0.944 bits per heavy atom. The average Bonchev–Trinajstić information content (AvgIpc) is 2.35. The summed E-state index contributed by atoms with van der Waals surface area (Å²) in [4.78, 5) is 0. The van der Waals surface area contributed by atoms with Crippen molar-refractivity contribution in [1.82, 2.24) is 0 Å². The summed E-state index contributed by atoms with van der Waals surface area (Å²) in [7, 11) is 0. The molecule has 0 aliphatic rings. The molecule has 1 atom stereocenters. The normalized spacial score (nSPS) is 12.5. The second-order valence-electron chi connectivity index (χ2n) is 4.41. The Hall–Kier alpha value is -1.02. The van der Waals surface area contributed by atoms with Gasteiger partial charge in [0.15, 0.2) is 0 Å². The summed E-state index contributed by atoms with van der Waals surface area (Å²) < 4.78 is 0. The van der Waals surface area contributed by atoms with Crippen LogP contribution >= 0.6 is 23.2 Å². The van der Waals surface area contributed by atoms with Crippen molar-refractivity contribution in [2.75, 3.05) is 0 Å². The van der Waals surface area contributed by atoms with E-state index in [1.165, 1.54) is 0 Å². The van der Waals surface area contributed by atoms with Crippen molar-refractivity contribution in [2.45, 2.75) is 20.0 Å².